The van der Waals surface area contributed by atoms with Gasteiger partial charge in [-0.3, -0.25) is 0 Å². The molecule has 0 aliphatic rings. The Morgan fingerprint density at radius 2 is 1.53 bits per heavy atom. The lowest BCUT2D eigenvalue weighted by atomic mass is 10.1. The Kier molecular flexibility index (Phi) is 2.12. The van der Waals surface area contributed by atoms with Crippen LogP contribution in [0.2, 0.25) is 0 Å². The molecule has 0 saturated heterocycles. The molecule has 0 amide bonds. The summed E-state index contributed by atoms with van der Waals surface area (Å²) in [6.45, 7) is 0. The molecular weight excluding hydrogens is 234 g/mol. The third-order valence-electron chi connectivity index (χ3n) is 3.23. The average Bonchev–Trinajstić information content (AvgIpc) is 2.86. The van der Waals surface area contributed by atoms with E-state index in [0.29, 0.717) is 0 Å². The third kappa shape index (κ3) is 1.59. The SMILES string of the molecule is c1ccc(-c2ccc3nc4ccccc4n3n2)cc1. The Bertz CT molecular complexity index is 863. The number of hydrogen-bond donors (Lipinski definition) is 0. The van der Waals surface area contributed by atoms with Crippen LogP contribution in [0.15, 0.2) is 66.7 Å². The monoisotopic (exact) mass is 245 g/mol. The molecule has 0 bridgehead atoms. The van der Waals surface area contributed by atoms with Crippen molar-refractivity contribution in [2.75, 3.05) is 0 Å². The minimum atomic E-state index is 0.876. The number of fused-ring (bicyclic) bond motifs is 3. The Balaban J connectivity index is 2.03. The summed E-state index contributed by atoms with van der Waals surface area (Å²) in [5, 5.41) is 4.69. The number of rotatable bonds is 1. The molecule has 0 spiro atoms. The molecule has 0 saturated carbocycles. The van der Waals surface area contributed by atoms with Crippen LogP contribution in [0.25, 0.3) is 27.9 Å². The number of para-hydroxylation sites is 2. The quantitative estimate of drug-likeness (QED) is 0.513. The second-order valence-corrected chi connectivity index (χ2v) is 4.46. The van der Waals surface area contributed by atoms with Crippen LogP contribution in [-0.4, -0.2) is 14.6 Å². The first-order valence-corrected chi connectivity index (χ1v) is 6.22. The lowest BCUT2D eigenvalue weighted by Crippen LogP contribution is -1.93. The minimum Gasteiger partial charge on any atom is -0.227 e. The van der Waals surface area contributed by atoms with Gasteiger partial charge in [0.2, 0.25) is 0 Å². The molecule has 3 nitrogen and oxygen atoms in total. The smallest absolute Gasteiger partial charge is 0.154 e. The topological polar surface area (TPSA) is 30.2 Å². The van der Waals surface area contributed by atoms with Crippen LogP contribution >= 0.6 is 0 Å². The standard InChI is InChI=1S/C16H11N3/c1-2-6-12(7-3-1)13-10-11-16-17-14-8-4-5-9-15(14)19(16)18-13/h1-11H. The summed E-state index contributed by atoms with van der Waals surface area (Å²) in [6, 6.07) is 22.2. The average molecular weight is 245 g/mol. The molecule has 3 heteroatoms. The third-order valence-corrected chi connectivity index (χ3v) is 3.23. The molecule has 90 valence electrons. The van der Waals surface area contributed by atoms with E-state index in [9.17, 15) is 0 Å². The first kappa shape index (κ1) is 10.3. The zero-order valence-corrected chi connectivity index (χ0v) is 10.2. The Morgan fingerprint density at radius 3 is 2.42 bits per heavy atom. The van der Waals surface area contributed by atoms with Gasteiger partial charge in [0.05, 0.1) is 16.7 Å². The highest BCUT2D eigenvalue weighted by Gasteiger charge is 2.06. The van der Waals surface area contributed by atoms with E-state index in [4.69, 9.17) is 0 Å². The predicted molar refractivity (Wildman–Crippen MR) is 75.9 cm³/mol. The molecule has 0 unspecified atom stereocenters. The van der Waals surface area contributed by atoms with Crippen LogP contribution in [-0.2, 0) is 0 Å². The van der Waals surface area contributed by atoms with Crippen molar-refractivity contribution in [2.24, 2.45) is 0 Å². The summed E-state index contributed by atoms with van der Waals surface area (Å²) in [7, 11) is 0. The molecule has 19 heavy (non-hydrogen) atoms. The summed E-state index contributed by atoms with van der Waals surface area (Å²) in [5.74, 6) is 0. The van der Waals surface area contributed by atoms with Crippen molar-refractivity contribution in [3.05, 3.63) is 66.7 Å². The van der Waals surface area contributed by atoms with Gasteiger partial charge in [-0.1, -0.05) is 42.5 Å². The van der Waals surface area contributed by atoms with E-state index < -0.39 is 0 Å². The predicted octanol–water partition coefficient (Wildman–Crippen LogP) is 3.55. The largest absolute Gasteiger partial charge is 0.227 e. The van der Waals surface area contributed by atoms with Crippen LogP contribution in [0.1, 0.15) is 0 Å². The maximum Gasteiger partial charge on any atom is 0.154 e. The lowest BCUT2D eigenvalue weighted by Gasteiger charge is -2.01. The van der Waals surface area contributed by atoms with Gasteiger partial charge in [0, 0.05) is 5.56 Å². The van der Waals surface area contributed by atoms with Gasteiger partial charge >= 0.3 is 0 Å². The maximum absolute atomic E-state index is 4.69. The summed E-state index contributed by atoms with van der Waals surface area (Å²) >= 11 is 0. The fraction of sp³-hybridized carbons (Fsp3) is 0. The highest BCUT2D eigenvalue weighted by Crippen LogP contribution is 2.20. The van der Waals surface area contributed by atoms with E-state index in [1.807, 2.05) is 59.1 Å². The van der Waals surface area contributed by atoms with Crippen molar-refractivity contribution < 1.29 is 0 Å². The van der Waals surface area contributed by atoms with E-state index in [1.165, 1.54) is 0 Å². The van der Waals surface area contributed by atoms with Gasteiger partial charge in [-0.15, -0.1) is 0 Å². The molecule has 0 fully saturated rings. The number of hydrogen-bond acceptors (Lipinski definition) is 2. The van der Waals surface area contributed by atoms with Crippen molar-refractivity contribution in [1.82, 2.24) is 14.6 Å². The highest BCUT2D eigenvalue weighted by atomic mass is 15.3. The molecule has 4 aromatic rings. The number of nitrogens with zero attached hydrogens (tertiary/aromatic N) is 3. The first-order chi connectivity index (χ1) is 9.42. The zero-order chi connectivity index (χ0) is 12.7. The van der Waals surface area contributed by atoms with Gasteiger partial charge in [-0.25, -0.2) is 9.50 Å². The van der Waals surface area contributed by atoms with E-state index in [0.717, 1.165) is 27.9 Å². The van der Waals surface area contributed by atoms with Crippen molar-refractivity contribution in [3.63, 3.8) is 0 Å². The lowest BCUT2D eigenvalue weighted by molar-refractivity contribution is 0.972. The Morgan fingerprint density at radius 1 is 0.737 bits per heavy atom. The fourth-order valence-corrected chi connectivity index (χ4v) is 2.30. The highest BCUT2D eigenvalue weighted by molar-refractivity contribution is 5.80. The number of aromatic nitrogens is 3. The molecular formula is C16H11N3. The van der Waals surface area contributed by atoms with Crippen molar-refractivity contribution >= 4 is 16.7 Å². The molecule has 0 atom stereocenters. The number of imidazole rings is 1. The van der Waals surface area contributed by atoms with Crippen LogP contribution in [0.5, 0.6) is 0 Å². The summed E-state index contributed by atoms with van der Waals surface area (Å²) < 4.78 is 1.90. The molecule has 4 rings (SSSR count). The fourth-order valence-electron chi connectivity index (χ4n) is 2.30. The van der Waals surface area contributed by atoms with Gasteiger partial charge in [0.15, 0.2) is 5.65 Å². The summed E-state index contributed by atoms with van der Waals surface area (Å²) in [4.78, 5) is 4.55. The van der Waals surface area contributed by atoms with E-state index in [-0.39, 0.29) is 0 Å². The zero-order valence-electron chi connectivity index (χ0n) is 10.2. The molecule has 2 aromatic carbocycles. The van der Waals surface area contributed by atoms with Gasteiger partial charge in [0.1, 0.15) is 0 Å². The van der Waals surface area contributed by atoms with Crippen molar-refractivity contribution in [3.8, 4) is 11.3 Å². The van der Waals surface area contributed by atoms with Crippen LogP contribution in [0.3, 0.4) is 0 Å². The molecule has 2 aromatic heterocycles. The van der Waals surface area contributed by atoms with E-state index in [1.54, 1.807) is 0 Å². The van der Waals surface area contributed by atoms with Gasteiger partial charge in [0.25, 0.3) is 0 Å². The normalized spacial score (nSPS) is 11.2. The number of benzene rings is 2. The van der Waals surface area contributed by atoms with Crippen LogP contribution in [0.4, 0.5) is 0 Å². The molecule has 0 radical (unpaired) electrons. The van der Waals surface area contributed by atoms with Gasteiger partial charge < -0.3 is 0 Å². The maximum atomic E-state index is 4.69. The first-order valence-electron chi connectivity index (χ1n) is 6.22. The van der Waals surface area contributed by atoms with Gasteiger partial charge in [-0.05, 0) is 24.3 Å². The molecule has 0 N–H and O–H groups in total. The summed E-state index contributed by atoms with van der Waals surface area (Å²) in [6.07, 6.45) is 0. The molecule has 0 aliphatic carbocycles. The Labute approximate surface area is 110 Å². The summed E-state index contributed by atoms with van der Waals surface area (Å²) in [5.41, 5.74) is 4.95. The van der Waals surface area contributed by atoms with Gasteiger partial charge in [-0.2, -0.15) is 5.10 Å². The molecule has 2 heterocycles. The molecule has 0 aliphatic heterocycles. The second-order valence-electron chi connectivity index (χ2n) is 4.46. The van der Waals surface area contributed by atoms with E-state index in [2.05, 4.69) is 22.2 Å². The van der Waals surface area contributed by atoms with Crippen molar-refractivity contribution in [1.29, 1.82) is 0 Å². The Hall–Kier alpha value is -2.68. The van der Waals surface area contributed by atoms with Crippen LogP contribution in [0, 0.1) is 0 Å². The minimum absolute atomic E-state index is 0.876. The van der Waals surface area contributed by atoms with Crippen molar-refractivity contribution in [2.45, 2.75) is 0 Å². The second kappa shape index (κ2) is 3.92. The van der Waals surface area contributed by atoms with E-state index >= 15 is 0 Å². The van der Waals surface area contributed by atoms with Crippen LogP contribution < -0.4 is 0 Å².